The van der Waals surface area contributed by atoms with Gasteiger partial charge in [-0.2, -0.15) is 0 Å². The second-order valence-electron chi connectivity index (χ2n) is 4.58. The molecule has 2 aromatic carbocycles. The van der Waals surface area contributed by atoms with Gasteiger partial charge in [0.2, 0.25) is 11.8 Å². The fourth-order valence-corrected chi connectivity index (χ4v) is 2.17. The van der Waals surface area contributed by atoms with E-state index in [1.165, 1.54) is 30.0 Å². The molecule has 1 N–H and O–H groups in total. The van der Waals surface area contributed by atoms with Crippen molar-refractivity contribution in [2.24, 2.45) is 0 Å². The van der Waals surface area contributed by atoms with Crippen LogP contribution >= 0.6 is 11.6 Å². The quantitative estimate of drug-likeness (QED) is 0.937. The van der Waals surface area contributed by atoms with Crippen LogP contribution in [0.25, 0.3) is 0 Å². The Labute approximate surface area is 132 Å². The van der Waals surface area contributed by atoms with E-state index in [1.54, 1.807) is 30.3 Å². The molecule has 2 rings (SSSR count). The topological polar surface area (TPSA) is 49.4 Å². The molecule has 0 unspecified atom stereocenters. The SMILES string of the molecule is CC(=O)N(CC(=O)Nc1ccccc1F)c1ccccc1Cl. The molecule has 0 fully saturated rings. The highest BCUT2D eigenvalue weighted by Crippen LogP contribution is 2.25. The number of hydrogen-bond donors (Lipinski definition) is 1. The molecule has 2 amide bonds. The lowest BCUT2D eigenvalue weighted by atomic mass is 10.2. The van der Waals surface area contributed by atoms with Crippen LogP contribution in [0.1, 0.15) is 6.92 Å². The van der Waals surface area contributed by atoms with E-state index in [1.807, 2.05) is 0 Å². The summed E-state index contributed by atoms with van der Waals surface area (Å²) in [6.07, 6.45) is 0. The van der Waals surface area contributed by atoms with Gasteiger partial charge in [-0.3, -0.25) is 9.59 Å². The smallest absolute Gasteiger partial charge is 0.244 e. The highest BCUT2D eigenvalue weighted by molar-refractivity contribution is 6.33. The lowest BCUT2D eigenvalue weighted by Gasteiger charge is -2.21. The van der Waals surface area contributed by atoms with Crippen molar-refractivity contribution in [3.63, 3.8) is 0 Å². The molecule has 114 valence electrons. The molecule has 0 aliphatic carbocycles. The van der Waals surface area contributed by atoms with Crippen molar-refractivity contribution in [2.75, 3.05) is 16.8 Å². The Bertz CT molecular complexity index is 706. The molecule has 2 aromatic rings. The zero-order valence-electron chi connectivity index (χ0n) is 11.8. The summed E-state index contributed by atoms with van der Waals surface area (Å²) in [7, 11) is 0. The average molecular weight is 321 g/mol. The van der Waals surface area contributed by atoms with E-state index in [2.05, 4.69) is 5.32 Å². The van der Waals surface area contributed by atoms with Gasteiger partial charge in [-0.15, -0.1) is 0 Å². The Morgan fingerprint density at radius 1 is 1.14 bits per heavy atom. The minimum absolute atomic E-state index is 0.0650. The Hall–Kier alpha value is -2.40. The number of carbonyl (C=O) groups excluding carboxylic acids is 2. The summed E-state index contributed by atoms with van der Waals surface area (Å²) < 4.78 is 13.5. The van der Waals surface area contributed by atoms with Gasteiger partial charge in [0.15, 0.2) is 0 Å². The third-order valence-electron chi connectivity index (χ3n) is 2.97. The van der Waals surface area contributed by atoms with Crippen LogP contribution in [0, 0.1) is 5.82 Å². The molecule has 22 heavy (non-hydrogen) atoms. The van der Waals surface area contributed by atoms with E-state index in [9.17, 15) is 14.0 Å². The Morgan fingerprint density at radius 3 is 2.41 bits per heavy atom. The lowest BCUT2D eigenvalue weighted by molar-refractivity contribution is -0.120. The number of carbonyl (C=O) groups is 2. The maximum atomic E-state index is 13.5. The van der Waals surface area contributed by atoms with Gasteiger partial charge in [-0.05, 0) is 24.3 Å². The molecule has 6 heteroatoms. The summed E-state index contributed by atoms with van der Waals surface area (Å²) in [6, 6.07) is 12.5. The van der Waals surface area contributed by atoms with Crippen molar-refractivity contribution >= 4 is 34.8 Å². The van der Waals surface area contributed by atoms with E-state index < -0.39 is 11.7 Å². The molecular formula is C16H14ClFN2O2. The van der Waals surface area contributed by atoms with Crippen LogP contribution in [-0.4, -0.2) is 18.4 Å². The Morgan fingerprint density at radius 2 is 1.77 bits per heavy atom. The number of nitrogens with one attached hydrogen (secondary N) is 1. The molecule has 0 aliphatic heterocycles. The number of para-hydroxylation sites is 2. The highest BCUT2D eigenvalue weighted by atomic mass is 35.5. The first-order valence-electron chi connectivity index (χ1n) is 6.56. The van der Waals surface area contributed by atoms with Gasteiger partial charge in [-0.25, -0.2) is 4.39 Å². The van der Waals surface area contributed by atoms with Crippen LogP contribution in [0.15, 0.2) is 48.5 Å². The Balaban J connectivity index is 2.15. The largest absolute Gasteiger partial charge is 0.322 e. The lowest BCUT2D eigenvalue weighted by Crippen LogP contribution is -2.37. The van der Waals surface area contributed by atoms with E-state index >= 15 is 0 Å². The molecule has 0 radical (unpaired) electrons. The first kappa shape index (κ1) is 16.0. The van der Waals surface area contributed by atoms with Gasteiger partial charge in [-0.1, -0.05) is 35.9 Å². The van der Waals surface area contributed by atoms with Crippen molar-refractivity contribution in [1.29, 1.82) is 0 Å². The second kappa shape index (κ2) is 7.04. The molecule has 0 saturated carbocycles. The van der Waals surface area contributed by atoms with Crippen LogP contribution in [0.2, 0.25) is 5.02 Å². The van der Waals surface area contributed by atoms with Gasteiger partial charge in [0.1, 0.15) is 12.4 Å². The van der Waals surface area contributed by atoms with E-state index in [0.29, 0.717) is 10.7 Å². The van der Waals surface area contributed by atoms with Gasteiger partial charge in [0.05, 0.1) is 16.4 Å². The molecule has 0 atom stereocenters. The van der Waals surface area contributed by atoms with Crippen LogP contribution in [0.4, 0.5) is 15.8 Å². The van der Waals surface area contributed by atoms with E-state index in [-0.39, 0.29) is 18.1 Å². The van der Waals surface area contributed by atoms with Crippen LogP contribution in [0.5, 0.6) is 0 Å². The van der Waals surface area contributed by atoms with Gasteiger partial charge in [0, 0.05) is 6.92 Å². The average Bonchev–Trinajstić information content (AvgIpc) is 2.48. The summed E-state index contributed by atoms with van der Waals surface area (Å²) in [5, 5.41) is 2.79. The van der Waals surface area contributed by atoms with Crippen molar-refractivity contribution in [3.05, 3.63) is 59.4 Å². The second-order valence-corrected chi connectivity index (χ2v) is 4.99. The maximum Gasteiger partial charge on any atom is 0.244 e. The number of rotatable bonds is 4. The minimum atomic E-state index is -0.539. The number of nitrogens with zero attached hydrogens (tertiary/aromatic N) is 1. The predicted molar refractivity (Wildman–Crippen MR) is 84.5 cm³/mol. The number of halogens is 2. The maximum absolute atomic E-state index is 13.5. The fourth-order valence-electron chi connectivity index (χ4n) is 1.93. The molecular weight excluding hydrogens is 307 g/mol. The number of amides is 2. The molecule has 0 aromatic heterocycles. The standard InChI is InChI=1S/C16H14ClFN2O2/c1-11(21)20(15-9-5-2-6-12(15)17)10-16(22)19-14-8-4-3-7-13(14)18/h2-9H,10H2,1H3,(H,19,22). The monoisotopic (exact) mass is 320 g/mol. The predicted octanol–water partition coefficient (Wildman–Crippen LogP) is 3.47. The molecule has 0 bridgehead atoms. The summed E-state index contributed by atoms with van der Waals surface area (Å²) in [4.78, 5) is 25.0. The van der Waals surface area contributed by atoms with Gasteiger partial charge < -0.3 is 10.2 Å². The first-order valence-corrected chi connectivity index (χ1v) is 6.94. The minimum Gasteiger partial charge on any atom is -0.322 e. The number of benzene rings is 2. The third-order valence-corrected chi connectivity index (χ3v) is 3.29. The first-order chi connectivity index (χ1) is 10.5. The Kier molecular flexibility index (Phi) is 5.12. The highest BCUT2D eigenvalue weighted by Gasteiger charge is 2.18. The molecule has 4 nitrogen and oxygen atoms in total. The number of hydrogen-bond acceptors (Lipinski definition) is 2. The summed E-state index contributed by atoms with van der Waals surface area (Å²) in [5.74, 6) is -1.39. The van der Waals surface area contributed by atoms with E-state index in [0.717, 1.165) is 0 Å². The van der Waals surface area contributed by atoms with Crippen LogP contribution in [0.3, 0.4) is 0 Å². The summed E-state index contributed by atoms with van der Waals surface area (Å²) in [5.41, 5.74) is 0.496. The normalized spacial score (nSPS) is 10.1. The van der Waals surface area contributed by atoms with Gasteiger partial charge in [0.25, 0.3) is 0 Å². The van der Waals surface area contributed by atoms with Gasteiger partial charge >= 0.3 is 0 Å². The molecule has 0 saturated heterocycles. The molecule has 0 heterocycles. The third kappa shape index (κ3) is 3.83. The fraction of sp³-hybridized carbons (Fsp3) is 0.125. The zero-order chi connectivity index (χ0) is 16.1. The van der Waals surface area contributed by atoms with Crippen molar-refractivity contribution in [3.8, 4) is 0 Å². The molecule has 0 spiro atoms. The van der Waals surface area contributed by atoms with Crippen LogP contribution < -0.4 is 10.2 Å². The van der Waals surface area contributed by atoms with E-state index in [4.69, 9.17) is 11.6 Å². The summed E-state index contributed by atoms with van der Waals surface area (Å²) >= 11 is 6.05. The van der Waals surface area contributed by atoms with Crippen LogP contribution in [-0.2, 0) is 9.59 Å². The zero-order valence-corrected chi connectivity index (χ0v) is 12.6. The molecule has 0 aliphatic rings. The van der Waals surface area contributed by atoms with Crippen molar-refractivity contribution in [1.82, 2.24) is 0 Å². The van der Waals surface area contributed by atoms with Crippen molar-refractivity contribution < 1.29 is 14.0 Å². The van der Waals surface area contributed by atoms with Crippen molar-refractivity contribution in [2.45, 2.75) is 6.92 Å². The number of anilines is 2. The summed E-state index contributed by atoms with van der Waals surface area (Å²) in [6.45, 7) is 1.08.